The second-order valence-corrected chi connectivity index (χ2v) is 4.59. The van der Waals surface area contributed by atoms with Gasteiger partial charge in [0.15, 0.2) is 0 Å². The van der Waals surface area contributed by atoms with Gasteiger partial charge in [0.2, 0.25) is 0 Å². The first-order valence-corrected chi connectivity index (χ1v) is 5.88. The smallest absolute Gasteiger partial charge is 0.125 e. The maximum atomic E-state index is 5.96. The molecule has 0 bridgehead atoms. The summed E-state index contributed by atoms with van der Waals surface area (Å²) >= 11 is 1.72. The number of nitrogen functional groups attached to an aromatic ring is 1. The molecule has 0 fully saturated rings. The molecule has 0 aromatic carbocycles. The van der Waals surface area contributed by atoms with Gasteiger partial charge in [0.25, 0.3) is 0 Å². The largest absolute Gasteiger partial charge is 0.384 e. The van der Waals surface area contributed by atoms with Crippen LogP contribution in [0.2, 0.25) is 0 Å². The summed E-state index contributed by atoms with van der Waals surface area (Å²) in [6.45, 7) is 4.20. The molecule has 0 spiro atoms. The number of rotatable bonds is 2. The molecule has 80 valence electrons. The normalized spacial score (nSPS) is 10.9. The Bertz CT molecular complexity index is 482. The fraction of sp³-hybridized carbons (Fsp3) is 0.364. The van der Waals surface area contributed by atoms with Crippen molar-refractivity contribution in [3.63, 3.8) is 0 Å². The zero-order chi connectivity index (χ0) is 11.0. The third-order valence-electron chi connectivity index (χ3n) is 2.51. The number of hydrogen-bond acceptors (Lipinski definition) is 3. The minimum Gasteiger partial charge on any atom is -0.384 e. The highest BCUT2D eigenvalue weighted by atomic mass is 32.1. The quantitative estimate of drug-likeness (QED) is 0.847. The van der Waals surface area contributed by atoms with Gasteiger partial charge in [0.05, 0.1) is 4.88 Å². The molecule has 0 atom stereocenters. The molecule has 2 heterocycles. The number of aromatic nitrogens is 2. The summed E-state index contributed by atoms with van der Waals surface area (Å²) in [6.07, 6.45) is 0.923. The van der Waals surface area contributed by atoms with E-state index in [0.717, 1.165) is 23.5 Å². The summed E-state index contributed by atoms with van der Waals surface area (Å²) in [6, 6.07) is 2.16. The third-order valence-corrected chi connectivity index (χ3v) is 3.57. The number of nitrogens with zero attached hydrogens (tertiary/aromatic N) is 2. The lowest BCUT2D eigenvalue weighted by atomic mass is 10.1. The molecule has 2 N–H and O–H groups in total. The highest BCUT2D eigenvalue weighted by Gasteiger charge is 2.14. The van der Waals surface area contributed by atoms with Crippen molar-refractivity contribution in [1.82, 2.24) is 9.78 Å². The van der Waals surface area contributed by atoms with Gasteiger partial charge in [-0.1, -0.05) is 6.92 Å². The molecule has 0 radical (unpaired) electrons. The Balaban J connectivity index is 2.57. The first-order chi connectivity index (χ1) is 7.13. The molecule has 0 unspecified atom stereocenters. The predicted octanol–water partition coefficient (Wildman–Crippen LogP) is 2.60. The summed E-state index contributed by atoms with van der Waals surface area (Å²) in [5.41, 5.74) is 9.43. The molecule has 15 heavy (non-hydrogen) atoms. The third kappa shape index (κ3) is 1.65. The average Bonchev–Trinajstić information content (AvgIpc) is 2.73. The standard InChI is InChI=1S/C11H15N3S/c1-4-8-10(13-14(3)11(8)12)9-5-7(2)6-15-9/h5-6H,4,12H2,1-3H3. The molecule has 3 nitrogen and oxygen atoms in total. The Morgan fingerprint density at radius 1 is 1.53 bits per heavy atom. The Morgan fingerprint density at radius 2 is 2.27 bits per heavy atom. The summed E-state index contributed by atoms with van der Waals surface area (Å²) in [5.74, 6) is 0.776. The van der Waals surface area contributed by atoms with Crippen LogP contribution in [0.5, 0.6) is 0 Å². The lowest BCUT2D eigenvalue weighted by Crippen LogP contribution is -1.98. The van der Waals surface area contributed by atoms with E-state index in [1.807, 2.05) is 7.05 Å². The molecule has 0 amide bonds. The molecular weight excluding hydrogens is 206 g/mol. The molecule has 0 saturated heterocycles. The fourth-order valence-corrected chi connectivity index (χ4v) is 2.59. The van der Waals surface area contributed by atoms with Crippen molar-refractivity contribution in [1.29, 1.82) is 0 Å². The molecule has 2 aromatic heterocycles. The van der Waals surface area contributed by atoms with Crippen molar-refractivity contribution >= 4 is 17.2 Å². The van der Waals surface area contributed by atoms with E-state index in [0.29, 0.717) is 0 Å². The molecule has 0 aliphatic heterocycles. The molecule has 0 aliphatic carbocycles. The van der Waals surface area contributed by atoms with Crippen molar-refractivity contribution in [2.24, 2.45) is 7.05 Å². The van der Waals surface area contributed by atoms with Crippen molar-refractivity contribution < 1.29 is 0 Å². The van der Waals surface area contributed by atoms with Crippen LogP contribution in [0.3, 0.4) is 0 Å². The van der Waals surface area contributed by atoms with E-state index >= 15 is 0 Å². The monoisotopic (exact) mass is 221 g/mol. The molecule has 0 aliphatic rings. The zero-order valence-corrected chi connectivity index (χ0v) is 10.1. The van der Waals surface area contributed by atoms with E-state index in [9.17, 15) is 0 Å². The minimum atomic E-state index is 0.776. The first-order valence-electron chi connectivity index (χ1n) is 5.00. The number of nitrogens with two attached hydrogens (primary N) is 1. The van der Waals surface area contributed by atoms with Gasteiger partial charge in [0, 0.05) is 12.6 Å². The van der Waals surface area contributed by atoms with Crippen LogP contribution in [-0.4, -0.2) is 9.78 Å². The van der Waals surface area contributed by atoms with Crippen molar-refractivity contribution in [3.05, 3.63) is 22.6 Å². The van der Waals surface area contributed by atoms with Crippen molar-refractivity contribution in [3.8, 4) is 10.6 Å². The Morgan fingerprint density at radius 3 is 2.80 bits per heavy atom. The first kappa shape index (κ1) is 10.2. The summed E-state index contributed by atoms with van der Waals surface area (Å²) in [5, 5.41) is 6.61. The topological polar surface area (TPSA) is 43.8 Å². The second kappa shape index (κ2) is 3.70. The number of hydrogen-bond donors (Lipinski definition) is 1. The molecule has 0 saturated carbocycles. The van der Waals surface area contributed by atoms with Crippen LogP contribution in [-0.2, 0) is 13.5 Å². The van der Waals surface area contributed by atoms with Crippen LogP contribution in [0.25, 0.3) is 10.6 Å². The van der Waals surface area contributed by atoms with E-state index < -0.39 is 0 Å². The second-order valence-electron chi connectivity index (χ2n) is 3.68. The van der Waals surface area contributed by atoms with Crippen LogP contribution < -0.4 is 5.73 Å². The maximum Gasteiger partial charge on any atom is 0.125 e. The van der Waals surface area contributed by atoms with E-state index in [1.54, 1.807) is 16.0 Å². The summed E-state index contributed by atoms with van der Waals surface area (Å²) < 4.78 is 1.75. The predicted molar refractivity (Wildman–Crippen MR) is 65.0 cm³/mol. The van der Waals surface area contributed by atoms with Gasteiger partial charge in [-0.3, -0.25) is 4.68 Å². The van der Waals surface area contributed by atoms with Gasteiger partial charge in [-0.15, -0.1) is 11.3 Å². The van der Waals surface area contributed by atoms with Crippen molar-refractivity contribution in [2.45, 2.75) is 20.3 Å². The minimum absolute atomic E-state index is 0.776. The zero-order valence-electron chi connectivity index (χ0n) is 9.24. The Kier molecular flexibility index (Phi) is 2.52. The SMILES string of the molecule is CCc1c(-c2cc(C)cs2)nn(C)c1N. The van der Waals surface area contributed by atoms with Crippen LogP contribution in [0, 0.1) is 6.92 Å². The van der Waals surface area contributed by atoms with Gasteiger partial charge in [-0.2, -0.15) is 5.10 Å². The van der Waals surface area contributed by atoms with E-state index in [4.69, 9.17) is 5.73 Å². The van der Waals surface area contributed by atoms with Gasteiger partial charge >= 0.3 is 0 Å². The van der Waals surface area contributed by atoms with E-state index in [2.05, 4.69) is 30.4 Å². The lowest BCUT2D eigenvalue weighted by molar-refractivity contribution is 0.782. The fourth-order valence-electron chi connectivity index (χ4n) is 1.68. The molecule has 4 heteroatoms. The highest BCUT2D eigenvalue weighted by molar-refractivity contribution is 7.13. The highest BCUT2D eigenvalue weighted by Crippen LogP contribution is 2.31. The lowest BCUT2D eigenvalue weighted by Gasteiger charge is -1.96. The summed E-state index contributed by atoms with van der Waals surface area (Å²) in [7, 11) is 1.89. The summed E-state index contributed by atoms with van der Waals surface area (Å²) in [4.78, 5) is 1.21. The van der Waals surface area contributed by atoms with Crippen LogP contribution in [0.4, 0.5) is 5.82 Å². The maximum absolute atomic E-state index is 5.96. The number of thiophene rings is 1. The van der Waals surface area contributed by atoms with Crippen molar-refractivity contribution in [2.75, 3.05) is 5.73 Å². The number of anilines is 1. The molecule has 2 aromatic rings. The van der Waals surface area contributed by atoms with Crippen LogP contribution >= 0.6 is 11.3 Å². The van der Waals surface area contributed by atoms with Gasteiger partial charge in [-0.25, -0.2) is 0 Å². The van der Waals surface area contributed by atoms with Gasteiger partial charge in [-0.05, 0) is 30.4 Å². The van der Waals surface area contributed by atoms with E-state index in [-0.39, 0.29) is 0 Å². The van der Waals surface area contributed by atoms with E-state index in [1.165, 1.54) is 10.4 Å². The Hall–Kier alpha value is -1.29. The van der Waals surface area contributed by atoms with Crippen LogP contribution in [0.1, 0.15) is 18.1 Å². The van der Waals surface area contributed by atoms with Crippen LogP contribution in [0.15, 0.2) is 11.4 Å². The Labute approximate surface area is 93.5 Å². The average molecular weight is 221 g/mol. The molecular formula is C11H15N3S. The molecule has 2 rings (SSSR count). The number of aryl methyl sites for hydroxylation is 2. The van der Waals surface area contributed by atoms with Gasteiger partial charge < -0.3 is 5.73 Å². The van der Waals surface area contributed by atoms with Gasteiger partial charge in [0.1, 0.15) is 11.5 Å².